The maximum atomic E-state index is 5.59. The average Bonchev–Trinajstić information content (AvgIpc) is 3.48. The molecule has 0 N–H and O–H groups in total. The normalized spacial score (nSPS) is 16.3. The summed E-state index contributed by atoms with van der Waals surface area (Å²) < 4.78 is 27.1. The van der Waals surface area contributed by atoms with Crippen LogP contribution in [-0.2, 0) is 6.54 Å². The Labute approximate surface area is 181 Å². The summed E-state index contributed by atoms with van der Waals surface area (Å²) in [5.74, 6) is 4.21. The molecule has 3 aromatic rings. The minimum atomic E-state index is 0.210. The minimum Gasteiger partial charge on any atom is -0.497 e. The number of benzene rings is 2. The largest absolute Gasteiger partial charge is 0.497 e. The van der Waals surface area contributed by atoms with Gasteiger partial charge in [-0.1, -0.05) is 5.16 Å². The number of ether oxygens (including phenoxy) is 4. The summed E-state index contributed by atoms with van der Waals surface area (Å²) in [4.78, 5) is 7.00. The van der Waals surface area contributed by atoms with E-state index in [1.807, 2.05) is 36.4 Å². The van der Waals surface area contributed by atoms with Gasteiger partial charge in [-0.25, -0.2) is 0 Å². The molecule has 2 aromatic carbocycles. The second-order valence-electron chi connectivity index (χ2n) is 7.44. The summed E-state index contributed by atoms with van der Waals surface area (Å²) in [5.41, 5.74) is 2.00. The molecule has 0 saturated carbocycles. The molecule has 1 atom stereocenters. The van der Waals surface area contributed by atoms with Crippen LogP contribution < -0.4 is 18.9 Å². The quantitative estimate of drug-likeness (QED) is 0.540. The fourth-order valence-corrected chi connectivity index (χ4v) is 3.92. The molecule has 1 saturated heterocycles. The first kappa shape index (κ1) is 21.0. The van der Waals surface area contributed by atoms with Crippen molar-refractivity contribution < 1.29 is 23.5 Å². The topological polar surface area (TPSA) is 79.1 Å². The Bertz CT molecular complexity index is 993. The molecule has 8 heteroatoms. The number of aromatic nitrogens is 2. The second kappa shape index (κ2) is 9.26. The third-order valence-corrected chi connectivity index (χ3v) is 5.54. The standard InChI is InChI=1S/C23H27N3O5/c1-27-18-7-5-16(6-8-18)22-24-23(31-25-22)17-9-10-26(14-17)13-15-11-19(28-2)21(30-4)20(12-15)29-3/h5-8,11-12,17H,9-10,13-14H2,1-4H3. The van der Waals surface area contributed by atoms with Gasteiger partial charge >= 0.3 is 0 Å². The van der Waals surface area contributed by atoms with Crippen LogP contribution in [-0.4, -0.2) is 56.6 Å². The van der Waals surface area contributed by atoms with Crippen LogP contribution in [0.3, 0.4) is 0 Å². The monoisotopic (exact) mass is 425 g/mol. The van der Waals surface area contributed by atoms with E-state index in [0.717, 1.165) is 42.9 Å². The lowest BCUT2D eigenvalue weighted by Gasteiger charge is -2.18. The summed E-state index contributed by atoms with van der Waals surface area (Å²) in [6, 6.07) is 11.6. The highest BCUT2D eigenvalue weighted by molar-refractivity contribution is 5.56. The van der Waals surface area contributed by atoms with E-state index in [-0.39, 0.29) is 5.92 Å². The molecule has 164 valence electrons. The molecule has 1 fully saturated rings. The SMILES string of the molecule is COc1ccc(-c2noc(C3CCN(Cc4cc(OC)c(OC)c(OC)c4)C3)n2)cc1. The Morgan fingerprint density at radius 1 is 0.968 bits per heavy atom. The van der Waals surface area contributed by atoms with E-state index >= 15 is 0 Å². The van der Waals surface area contributed by atoms with Crippen LogP contribution in [0.4, 0.5) is 0 Å². The zero-order valence-electron chi connectivity index (χ0n) is 18.3. The zero-order chi connectivity index (χ0) is 21.8. The van der Waals surface area contributed by atoms with Gasteiger partial charge in [0.15, 0.2) is 11.5 Å². The molecule has 0 radical (unpaired) electrons. The van der Waals surface area contributed by atoms with Crippen molar-refractivity contribution in [2.45, 2.75) is 18.9 Å². The molecule has 0 bridgehead atoms. The van der Waals surface area contributed by atoms with Crippen LogP contribution in [0.2, 0.25) is 0 Å². The highest BCUT2D eigenvalue weighted by Gasteiger charge is 2.29. The first-order valence-electron chi connectivity index (χ1n) is 10.1. The zero-order valence-corrected chi connectivity index (χ0v) is 18.3. The number of hydrogen-bond donors (Lipinski definition) is 0. The van der Waals surface area contributed by atoms with Crippen LogP contribution >= 0.6 is 0 Å². The van der Waals surface area contributed by atoms with Gasteiger partial charge in [-0.15, -0.1) is 0 Å². The van der Waals surface area contributed by atoms with E-state index in [2.05, 4.69) is 15.0 Å². The third kappa shape index (κ3) is 4.44. The van der Waals surface area contributed by atoms with Crippen molar-refractivity contribution in [1.29, 1.82) is 0 Å². The van der Waals surface area contributed by atoms with Crippen molar-refractivity contribution in [3.8, 4) is 34.4 Å². The molecule has 1 unspecified atom stereocenters. The van der Waals surface area contributed by atoms with E-state index in [1.54, 1.807) is 28.4 Å². The molecule has 4 rings (SSSR count). The summed E-state index contributed by atoms with van der Waals surface area (Å²) in [6.07, 6.45) is 0.967. The highest BCUT2D eigenvalue weighted by Crippen LogP contribution is 2.39. The summed E-state index contributed by atoms with van der Waals surface area (Å²) in [6.45, 7) is 2.56. The van der Waals surface area contributed by atoms with Gasteiger partial charge in [-0.05, 0) is 54.9 Å². The second-order valence-corrected chi connectivity index (χ2v) is 7.44. The van der Waals surface area contributed by atoms with Gasteiger partial charge < -0.3 is 23.5 Å². The summed E-state index contributed by atoms with van der Waals surface area (Å²) in [7, 11) is 6.51. The molecule has 0 aliphatic carbocycles. The maximum absolute atomic E-state index is 5.59. The molecular weight excluding hydrogens is 398 g/mol. The first-order chi connectivity index (χ1) is 15.1. The Kier molecular flexibility index (Phi) is 6.27. The van der Waals surface area contributed by atoms with Crippen LogP contribution in [0.25, 0.3) is 11.4 Å². The molecule has 0 spiro atoms. The predicted octanol–water partition coefficient (Wildman–Crippen LogP) is 3.76. The number of rotatable bonds is 8. The first-order valence-corrected chi connectivity index (χ1v) is 10.1. The molecule has 1 aromatic heterocycles. The molecule has 1 aliphatic heterocycles. The van der Waals surface area contributed by atoms with E-state index < -0.39 is 0 Å². The maximum Gasteiger partial charge on any atom is 0.231 e. The van der Waals surface area contributed by atoms with Crippen molar-refractivity contribution in [3.63, 3.8) is 0 Å². The third-order valence-electron chi connectivity index (χ3n) is 5.54. The van der Waals surface area contributed by atoms with Gasteiger partial charge in [0, 0.05) is 18.7 Å². The van der Waals surface area contributed by atoms with Gasteiger partial charge in [-0.2, -0.15) is 4.98 Å². The fourth-order valence-electron chi connectivity index (χ4n) is 3.92. The van der Waals surface area contributed by atoms with Crippen LogP contribution in [0.15, 0.2) is 40.9 Å². The number of methoxy groups -OCH3 is 4. The van der Waals surface area contributed by atoms with Crippen LogP contribution in [0, 0.1) is 0 Å². The van der Waals surface area contributed by atoms with Crippen LogP contribution in [0.1, 0.15) is 23.8 Å². The molecular formula is C23H27N3O5. The molecule has 0 amide bonds. The van der Waals surface area contributed by atoms with E-state index in [1.165, 1.54) is 0 Å². The van der Waals surface area contributed by atoms with Gasteiger partial charge in [0.1, 0.15) is 5.75 Å². The Morgan fingerprint density at radius 3 is 2.29 bits per heavy atom. The number of likely N-dealkylation sites (tertiary alicyclic amines) is 1. The van der Waals surface area contributed by atoms with E-state index in [4.69, 9.17) is 23.5 Å². The molecule has 2 heterocycles. The van der Waals surface area contributed by atoms with Crippen LogP contribution in [0.5, 0.6) is 23.0 Å². The Balaban J connectivity index is 1.44. The van der Waals surface area contributed by atoms with Crippen molar-refractivity contribution in [1.82, 2.24) is 15.0 Å². The summed E-state index contributed by atoms with van der Waals surface area (Å²) >= 11 is 0. The predicted molar refractivity (Wildman–Crippen MR) is 115 cm³/mol. The lowest BCUT2D eigenvalue weighted by molar-refractivity contribution is 0.303. The smallest absolute Gasteiger partial charge is 0.231 e. The Morgan fingerprint density at radius 2 is 1.68 bits per heavy atom. The van der Waals surface area contributed by atoms with Gasteiger partial charge in [0.25, 0.3) is 0 Å². The van der Waals surface area contributed by atoms with Gasteiger partial charge in [0.2, 0.25) is 17.5 Å². The minimum absolute atomic E-state index is 0.210. The summed E-state index contributed by atoms with van der Waals surface area (Å²) in [5, 5.41) is 4.17. The van der Waals surface area contributed by atoms with E-state index in [0.29, 0.717) is 29.0 Å². The average molecular weight is 425 g/mol. The van der Waals surface area contributed by atoms with Crippen molar-refractivity contribution >= 4 is 0 Å². The van der Waals surface area contributed by atoms with E-state index in [9.17, 15) is 0 Å². The van der Waals surface area contributed by atoms with Gasteiger partial charge in [-0.3, -0.25) is 4.90 Å². The number of nitrogens with zero attached hydrogens (tertiary/aromatic N) is 3. The van der Waals surface area contributed by atoms with Crippen molar-refractivity contribution in [2.75, 3.05) is 41.5 Å². The lowest BCUT2D eigenvalue weighted by Crippen LogP contribution is -2.20. The van der Waals surface area contributed by atoms with Crippen molar-refractivity contribution in [3.05, 3.63) is 47.9 Å². The van der Waals surface area contributed by atoms with Gasteiger partial charge in [0.05, 0.1) is 34.4 Å². The fraction of sp³-hybridized carbons (Fsp3) is 0.391. The molecule has 31 heavy (non-hydrogen) atoms. The Hall–Kier alpha value is -3.26. The highest BCUT2D eigenvalue weighted by atomic mass is 16.5. The lowest BCUT2D eigenvalue weighted by atomic mass is 10.1. The molecule has 1 aliphatic rings. The van der Waals surface area contributed by atoms with Crippen molar-refractivity contribution in [2.24, 2.45) is 0 Å². The number of hydrogen-bond acceptors (Lipinski definition) is 8. The molecule has 8 nitrogen and oxygen atoms in total.